The van der Waals surface area contributed by atoms with E-state index in [2.05, 4.69) is 10.5 Å². The van der Waals surface area contributed by atoms with Gasteiger partial charge in [0, 0.05) is 24.1 Å². The van der Waals surface area contributed by atoms with E-state index in [-0.39, 0.29) is 5.69 Å². The Morgan fingerprint density at radius 1 is 1.03 bits per heavy atom. The summed E-state index contributed by atoms with van der Waals surface area (Å²) < 4.78 is 38.1. The average Bonchev–Trinajstić information content (AvgIpc) is 3.06. The van der Waals surface area contributed by atoms with Crippen LogP contribution in [-0.4, -0.2) is 22.7 Å². The molecule has 0 bridgehead atoms. The van der Waals surface area contributed by atoms with Crippen molar-refractivity contribution in [2.24, 2.45) is 5.16 Å². The molecule has 0 radical (unpaired) electrons. The van der Waals surface area contributed by atoms with Crippen molar-refractivity contribution in [2.75, 3.05) is 5.32 Å². The zero-order valence-electron chi connectivity index (χ0n) is 16.0. The van der Waals surface area contributed by atoms with Crippen LogP contribution < -0.4 is 5.32 Å². The van der Waals surface area contributed by atoms with E-state index in [9.17, 15) is 18.0 Å². The smallest absolute Gasteiger partial charge is 0.362 e. The zero-order valence-corrected chi connectivity index (χ0v) is 16.0. The second-order valence-corrected chi connectivity index (χ2v) is 7.25. The highest BCUT2D eigenvalue weighted by Crippen LogP contribution is 2.40. The number of alkyl halides is 3. The molecule has 1 aliphatic carbocycles. The molecular formula is C21H20F3N3O3. The van der Waals surface area contributed by atoms with Crippen molar-refractivity contribution in [1.82, 2.24) is 5.06 Å². The summed E-state index contributed by atoms with van der Waals surface area (Å²) in [5.74, 6) is 0.375. The maximum atomic E-state index is 12.7. The number of nitrogens with zero attached hydrogens (tertiary/aromatic N) is 2. The second kappa shape index (κ2) is 7.89. The molecule has 9 heteroatoms. The van der Waals surface area contributed by atoms with Gasteiger partial charge in [-0.2, -0.15) is 13.2 Å². The van der Waals surface area contributed by atoms with Crippen molar-refractivity contribution in [3.05, 3.63) is 65.7 Å². The summed E-state index contributed by atoms with van der Waals surface area (Å²) in [6.45, 7) is 0. The summed E-state index contributed by atoms with van der Waals surface area (Å²) in [7, 11) is 0. The third-order valence-corrected chi connectivity index (χ3v) is 5.16. The number of benzene rings is 2. The Morgan fingerprint density at radius 2 is 1.70 bits per heavy atom. The van der Waals surface area contributed by atoms with E-state index < -0.39 is 23.6 Å². The van der Waals surface area contributed by atoms with Crippen LogP contribution in [0.2, 0.25) is 0 Å². The van der Waals surface area contributed by atoms with E-state index >= 15 is 0 Å². The lowest BCUT2D eigenvalue weighted by Crippen LogP contribution is -2.51. The van der Waals surface area contributed by atoms with Crippen molar-refractivity contribution in [3.8, 4) is 0 Å². The minimum Gasteiger partial charge on any atom is -0.362 e. The van der Waals surface area contributed by atoms with E-state index in [1.54, 1.807) is 0 Å². The number of halogens is 3. The summed E-state index contributed by atoms with van der Waals surface area (Å²) >= 11 is 0. The Labute approximate surface area is 171 Å². The number of hydrogen-bond donors (Lipinski definition) is 1. The topological polar surface area (TPSA) is 63.2 Å². The molecule has 0 aromatic heterocycles. The van der Waals surface area contributed by atoms with Gasteiger partial charge in [0.2, 0.25) is 11.6 Å². The van der Waals surface area contributed by atoms with Crippen LogP contribution in [0.1, 0.15) is 43.2 Å². The normalized spacial score (nSPS) is 18.0. The Morgan fingerprint density at radius 3 is 2.33 bits per heavy atom. The summed E-state index contributed by atoms with van der Waals surface area (Å²) in [4.78, 5) is 23.9. The van der Waals surface area contributed by atoms with Crippen molar-refractivity contribution < 1.29 is 27.6 Å². The van der Waals surface area contributed by atoms with Crippen LogP contribution in [0.3, 0.4) is 0 Å². The third kappa shape index (κ3) is 4.05. The van der Waals surface area contributed by atoms with Gasteiger partial charge < -0.3 is 9.68 Å². The number of hydrogen-bond acceptors (Lipinski definition) is 5. The number of oxime groups is 1. The number of rotatable bonds is 3. The molecule has 1 N–H and O–H groups in total. The number of nitrogens with one attached hydrogen (secondary N) is 1. The summed E-state index contributed by atoms with van der Waals surface area (Å²) in [5, 5.41) is 8.03. The van der Waals surface area contributed by atoms with Gasteiger partial charge in [-0.25, -0.2) is 4.79 Å². The number of carbonyl (C=O) groups is 1. The standard InChI is InChI=1S/C21H20F3N3O3/c22-21(23,24)16-9-11-17(12-10-16)25-19(28)29-27-18(15-7-3-1-4-8-15)26-30-20(27)13-5-2-6-14-20/h1,3-4,7-12H,2,5-6,13-14H2,(H,25,28). The average molecular weight is 419 g/mol. The molecule has 2 aromatic carbocycles. The fourth-order valence-electron chi connectivity index (χ4n) is 3.64. The fourth-order valence-corrected chi connectivity index (χ4v) is 3.64. The Kier molecular flexibility index (Phi) is 5.27. The summed E-state index contributed by atoms with van der Waals surface area (Å²) in [6.07, 6.45) is -1.15. The summed E-state index contributed by atoms with van der Waals surface area (Å²) in [5.41, 5.74) is -0.763. The van der Waals surface area contributed by atoms with Crippen molar-refractivity contribution in [1.29, 1.82) is 0 Å². The SMILES string of the molecule is O=C(Nc1ccc(C(F)(F)F)cc1)ON1C(c2ccccc2)=NOC12CCCCC2. The maximum Gasteiger partial charge on any atom is 0.436 e. The Hall–Kier alpha value is -3.23. The number of anilines is 1. The minimum atomic E-state index is -4.44. The van der Waals surface area contributed by atoms with E-state index in [0.717, 1.165) is 37.0 Å². The lowest BCUT2D eigenvalue weighted by Gasteiger charge is -2.37. The van der Waals surface area contributed by atoms with Gasteiger partial charge in [0.15, 0.2) is 0 Å². The highest BCUT2D eigenvalue weighted by Gasteiger charge is 2.50. The van der Waals surface area contributed by atoms with Crippen LogP contribution in [0, 0.1) is 0 Å². The van der Waals surface area contributed by atoms with E-state index in [4.69, 9.17) is 9.68 Å². The molecule has 0 saturated heterocycles. The predicted octanol–water partition coefficient (Wildman–Crippen LogP) is 5.52. The van der Waals surface area contributed by atoms with Gasteiger partial charge in [-0.3, -0.25) is 5.32 Å². The lowest BCUT2D eigenvalue weighted by molar-refractivity contribution is -0.224. The number of amidine groups is 1. The number of hydroxylamine groups is 2. The molecule has 0 unspecified atom stereocenters. The second-order valence-electron chi connectivity index (χ2n) is 7.25. The van der Waals surface area contributed by atoms with Crippen LogP contribution in [-0.2, 0) is 15.9 Å². The molecule has 6 nitrogen and oxygen atoms in total. The van der Waals surface area contributed by atoms with E-state index in [0.29, 0.717) is 18.7 Å². The van der Waals surface area contributed by atoms with E-state index in [1.165, 1.54) is 17.2 Å². The van der Waals surface area contributed by atoms with Crippen molar-refractivity contribution >= 4 is 17.6 Å². The zero-order chi connectivity index (χ0) is 21.2. The van der Waals surface area contributed by atoms with Gasteiger partial charge in [0.1, 0.15) is 0 Å². The summed E-state index contributed by atoms with van der Waals surface area (Å²) in [6, 6.07) is 13.3. The molecule has 2 aliphatic rings. The first kappa shape index (κ1) is 20.1. The molecule has 1 spiro atoms. The highest BCUT2D eigenvalue weighted by atomic mass is 19.4. The fraction of sp³-hybridized carbons (Fsp3) is 0.333. The first-order valence-corrected chi connectivity index (χ1v) is 9.65. The maximum absolute atomic E-state index is 12.7. The van der Waals surface area contributed by atoms with Gasteiger partial charge >= 0.3 is 12.3 Å². The van der Waals surface area contributed by atoms with Crippen molar-refractivity contribution in [3.63, 3.8) is 0 Å². The molecule has 158 valence electrons. The van der Waals surface area contributed by atoms with Crippen LogP contribution >= 0.6 is 0 Å². The predicted molar refractivity (Wildman–Crippen MR) is 103 cm³/mol. The molecule has 1 saturated carbocycles. The highest BCUT2D eigenvalue weighted by molar-refractivity contribution is 5.99. The Balaban J connectivity index is 1.52. The molecule has 1 heterocycles. The third-order valence-electron chi connectivity index (χ3n) is 5.16. The molecular weight excluding hydrogens is 399 g/mol. The minimum absolute atomic E-state index is 0.184. The number of amides is 1. The molecule has 30 heavy (non-hydrogen) atoms. The monoisotopic (exact) mass is 419 g/mol. The molecule has 1 aliphatic heterocycles. The van der Waals surface area contributed by atoms with Gasteiger partial charge in [-0.05, 0) is 37.1 Å². The molecule has 2 aromatic rings. The van der Waals surface area contributed by atoms with Gasteiger partial charge in [0.05, 0.1) is 5.56 Å². The van der Waals surface area contributed by atoms with Gasteiger partial charge in [-0.15, -0.1) is 5.06 Å². The first-order valence-electron chi connectivity index (χ1n) is 9.65. The van der Waals surface area contributed by atoms with Gasteiger partial charge in [-0.1, -0.05) is 41.9 Å². The first-order chi connectivity index (χ1) is 14.4. The largest absolute Gasteiger partial charge is 0.436 e. The van der Waals surface area contributed by atoms with Crippen LogP contribution in [0.5, 0.6) is 0 Å². The molecule has 1 amide bonds. The van der Waals surface area contributed by atoms with Gasteiger partial charge in [0.25, 0.3) is 0 Å². The number of carbonyl (C=O) groups excluding carboxylic acids is 1. The van der Waals surface area contributed by atoms with Crippen LogP contribution in [0.25, 0.3) is 0 Å². The quantitative estimate of drug-likeness (QED) is 0.711. The Bertz CT molecular complexity index is 924. The van der Waals surface area contributed by atoms with Crippen LogP contribution in [0.4, 0.5) is 23.7 Å². The molecule has 1 fully saturated rings. The van der Waals surface area contributed by atoms with Crippen molar-refractivity contribution in [2.45, 2.75) is 44.0 Å². The molecule has 0 atom stereocenters. The molecule has 4 rings (SSSR count). The van der Waals surface area contributed by atoms with E-state index in [1.807, 2.05) is 30.3 Å². The lowest BCUT2D eigenvalue weighted by atomic mass is 9.91. The van der Waals surface area contributed by atoms with Crippen LogP contribution in [0.15, 0.2) is 59.8 Å².